The Kier molecular flexibility index (Phi) is 6.55. The fraction of sp³-hybridized carbons (Fsp3) is 0.318. The SMILES string of the molecule is CC(c1ccc(-c2nc(-c3ccc(CNC4CC(OC=O)C4)cc3)no2)cc1)S(=O)O. The first-order valence-corrected chi connectivity index (χ1v) is 11.2. The van der Waals surface area contributed by atoms with Gasteiger partial charge in [-0.2, -0.15) is 4.98 Å². The quantitative estimate of drug-likeness (QED) is 0.383. The summed E-state index contributed by atoms with van der Waals surface area (Å²) in [7, 11) is 0. The number of carbonyl (C=O) groups is 1. The van der Waals surface area contributed by atoms with Crippen LogP contribution in [0.4, 0.5) is 0 Å². The molecule has 2 N–H and O–H groups in total. The van der Waals surface area contributed by atoms with Crippen LogP contribution >= 0.6 is 0 Å². The van der Waals surface area contributed by atoms with E-state index < -0.39 is 16.3 Å². The lowest BCUT2D eigenvalue weighted by Crippen LogP contribution is -2.44. The van der Waals surface area contributed by atoms with Crippen LogP contribution in [-0.2, 0) is 27.2 Å². The van der Waals surface area contributed by atoms with Crippen molar-refractivity contribution in [2.75, 3.05) is 0 Å². The van der Waals surface area contributed by atoms with Crippen molar-refractivity contribution < 1.29 is 22.8 Å². The maximum Gasteiger partial charge on any atom is 0.293 e. The van der Waals surface area contributed by atoms with E-state index in [1.165, 1.54) is 0 Å². The predicted octanol–water partition coefficient (Wildman–Crippen LogP) is 3.48. The van der Waals surface area contributed by atoms with Crippen LogP contribution < -0.4 is 5.32 Å². The summed E-state index contributed by atoms with van der Waals surface area (Å²) < 4.78 is 30.8. The van der Waals surface area contributed by atoms with Crippen LogP contribution in [0.3, 0.4) is 0 Å². The van der Waals surface area contributed by atoms with Crippen LogP contribution in [0.25, 0.3) is 22.8 Å². The molecule has 0 spiro atoms. The molecule has 162 valence electrons. The van der Waals surface area contributed by atoms with E-state index in [0.29, 0.717) is 24.2 Å². The van der Waals surface area contributed by atoms with E-state index in [0.717, 1.165) is 41.6 Å². The number of ether oxygens (including phenoxy) is 1. The highest BCUT2D eigenvalue weighted by Gasteiger charge is 2.29. The van der Waals surface area contributed by atoms with Crippen molar-refractivity contribution in [3.05, 3.63) is 59.7 Å². The summed E-state index contributed by atoms with van der Waals surface area (Å²) >= 11 is -1.91. The van der Waals surface area contributed by atoms with Gasteiger partial charge in [-0.3, -0.25) is 4.79 Å². The maximum atomic E-state index is 11.2. The summed E-state index contributed by atoms with van der Waals surface area (Å²) in [4.78, 5) is 14.8. The van der Waals surface area contributed by atoms with Crippen LogP contribution in [0.15, 0.2) is 53.1 Å². The first kappa shape index (κ1) is 21.4. The zero-order valence-corrected chi connectivity index (χ0v) is 17.7. The molecule has 1 aromatic heterocycles. The molecule has 1 heterocycles. The van der Waals surface area contributed by atoms with Crippen LogP contribution in [0.5, 0.6) is 0 Å². The van der Waals surface area contributed by atoms with Gasteiger partial charge in [-0.05, 0) is 43.0 Å². The summed E-state index contributed by atoms with van der Waals surface area (Å²) in [6, 6.07) is 15.5. The number of carbonyl (C=O) groups excluding carboxylic acids is 1. The lowest BCUT2D eigenvalue weighted by Gasteiger charge is -2.34. The summed E-state index contributed by atoms with van der Waals surface area (Å²) in [5.41, 5.74) is 3.50. The maximum absolute atomic E-state index is 11.2. The molecular weight excluding hydrogens is 418 g/mol. The van der Waals surface area contributed by atoms with E-state index in [9.17, 15) is 13.6 Å². The van der Waals surface area contributed by atoms with Crippen molar-refractivity contribution in [1.29, 1.82) is 0 Å². The highest BCUT2D eigenvalue weighted by Crippen LogP contribution is 2.26. The second-order valence-corrected chi connectivity index (χ2v) is 8.82. The molecule has 0 aliphatic heterocycles. The first-order valence-electron chi connectivity index (χ1n) is 9.99. The largest absolute Gasteiger partial charge is 0.464 e. The monoisotopic (exact) mass is 441 g/mol. The topological polar surface area (TPSA) is 115 Å². The van der Waals surface area contributed by atoms with E-state index in [1.54, 1.807) is 31.2 Å². The van der Waals surface area contributed by atoms with Crippen molar-refractivity contribution in [1.82, 2.24) is 15.5 Å². The second kappa shape index (κ2) is 9.51. The lowest BCUT2D eigenvalue weighted by atomic mass is 9.89. The molecule has 1 aliphatic rings. The fourth-order valence-electron chi connectivity index (χ4n) is 3.43. The molecule has 2 aromatic carbocycles. The van der Waals surface area contributed by atoms with Gasteiger partial charge in [-0.15, -0.1) is 0 Å². The van der Waals surface area contributed by atoms with Gasteiger partial charge in [0.15, 0.2) is 11.1 Å². The number of aromatic nitrogens is 2. The molecule has 1 aliphatic carbocycles. The minimum Gasteiger partial charge on any atom is -0.464 e. The molecule has 1 saturated carbocycles. The second-order valence-electron chi connectivity index (χ2n) is 7.56. The van der Waals surface area contributed by atoms with Crippen LogP contribution in [0.1, 0.15) is 36.1 Å². The fourth-order valence-corrected chi connectivity index (χ4v) is 3.82. The average molecular weight is 442 g/mol. The number of hydrogen-bond donors (Lipinski definition) is 2. The molecule has 8 nitrogen and oxygen atoms in total. The molecule has 2 atom stereocenters. The number of benzene rings is 2. The number of hydrogen-bond acceptors (Lipinski definition) is 7. The Labute approximate surface area is 182 Å². The van der Waals surface area contributed by atoms with E-state index in [2.05, 4.69) is 15.5 Å². The molecule has 31 heavy (non-hydrogen) atoms. The summed E-state index contributed by atoms with van der Waals surface area (Å²) in [5.74, 6) is 0.887. The Bertz CT molecular complexity index is 1050. The Hall–Kier alpha value is -2.88. The van der Waals surface area contributed by atoms with Crippen LogP contribution in [0, 0.1) is 0 Å². The standard InChI is InChI=1S/C22H23N3O5S/c1-14(31(27)28)16-6-8-18(9-7-16)22-24-21(25-30-22)17-4-2-15(3-5-17)12-23-19-10-20(11-19)29-13-26/h2-9,13-14,19-20,23H,10-12H2,1H3,(H,27,28). The molecule has 3 aromatic rings. The van der Waals surface area contributed by atoms with Gasteiger partial charge in [0, 0.05) is 23.7 Å². The number of nitrogens with zero attached hydrogens (tertiary/aromatic N) is 2. The molecule has 1 fully saturated rings. The molecule has 0 saturated heterocycles. The van der Waals surface area contributed by atoms with Gasteiger partial charge in [-0.25, -0.2) is 4.21 Å². The number of rotatable bonds is 9. The molecule has 0 amide bonds. The molecule has 9 heteroatoms. The minimum absolute atomic E-state index is 0.0445. The molecule has 0 bridgehead atoms. The third kappa shape index (κ3) is 5.07. The highest BCUT2D eigenvalue weighted by atomic mass is 32.2. The first-order chi connectivity index (χ1) is 15.0. The van der Waals surface area contributed by atoms with Gasteiger partial charge in [0.2, 0.25) is 5.82 Å². The summed E-state index contributed by atoms with van der Waals surface area (Å²) in [6.07, 6.45) is 1.74. The van der Waals surface area contributed by atoms with Gasteiger partial charge in [0.1, 0.15) is 6.10 Å². The van der Waals surface area contributed by atoms with E-state index in [4.69, 9.17) is 9.26 Å². The van der Waals surface area contributed by atoms with E-state index >= 15 is 0 Å². The third-order valence-electron chi connectivity index (χ3n) is 5.51. The molecule has 2 unspecified atom stereocenters. The lowest BCUT2D eigenvalue weighted by molar-refractivity contribution is -0.138. The van der Waals surface area contributed by atoms with Gasteiger partial charge < -0.3 is 19.1 Å². The van der Waals surface area contributed by atoms with Crippen molar-refractivity contribution in [3.63, 3.8) is 0 Å². The predicted molar refractivity (Wildman–Crippen MR) is 115 cm³/mol. The summed E-state index contributed by atoms with van der Waals surface area (Å²) in [6.45, 7) is 2.94. The van der Waals surface area contributed by atoms with E-state index in [-0.39, 0.29) is 6.10 Å². The minimum atomic E-state index is -1.91. The Morgan fingerprint density at radius 1 is 1.19 bits per heavy atom. The summed E-state index contributed by atoms with van der Waals surface area (Å²) in [5, 5.41) is 7.05. The van der Waals surface area contributed by atoms with Gasteiger partial charge in [-0.1, -0.05) is 41.6 Å². The normalized spacial score (nSPS) is 19.9. The van der Waals surface area contributed by atoms with Crippen molar-refractivity contribution >= 4 is 17.6 Å². The van der Waals surface area contributed by atoms with Gasteiger partial charge >= 0.3 is 0 Å². The zero-order valence-electron chi connectivity index (χ0n) is 16.9. The molecule has 4 rings (SSSR count). The number of nitrogens with one attached hydrogen (secondary N) is 1. The molecule has 0 radical (unpaired) electrons. The molecular formula is C22H23N3O5S. The van der Waals surface area contributed by atoms with Crippen molar-refractivity contribution in [2.45, 2.75) is 43.7 Å². The third-order valence-corrected chi connectivity index (χ3v) is 6.38. The van der Waals surface area contributed by atoms with Crippen molar-refractivity contribution in [2.24, 2.45) is 0 Å². The zero-order chi connectivity index (χ0) is 21.8. The Morgan fingerprint density at radius 2 is 1.87 bits per heavy atom. The average Bonchev–Trinajstić information content (AvgIpc) is 3.25. The van der Waals surface area contributed by atoms with E-state index in [1.807, 2.05) is 24.3 Å². The Morgan fingerprint density at radius 3 is 2.52 bits per heavy atom. The van der Waals surface area contributed by atoms with Crippen LogP contribution in [-0.4, -0.2) is 37.5 Å². The smallest absolute Gasteiger partial charge is 0.293 e. The Balaban J connectivity index is 1.35. The highest BCUT2D eigenvalue weighted by molar-refractivity contribution is 7.79. The van der Waals surface area contributed by atoms with Gasteiger partial charge in [0.05, 0.1) is 5.25 Å². The van der Waals surface area contributed by atoms with Gasteiger partial charge in [0.25, 0.3) is 12.4 Å². The van der Waals surface area contributed by atoms with Crippen LogP contribution in [0.2, 0.25) is 0 Å². The van der Waals surface area contributed by atoms with Crippen molar-refractivity contribution in [3.8, 4) is 22.8 Å².